The smallest absolute Gasteiger partial charge is 0.319 e. The average molecular weight is 186 g/mol. The molecule has 4 heteroatoms. The summed E-state index contributed by atoms with van der Waals surface area (Å²) in [5.41, 5.74) is 0. The topological polar surface area (TPSA) is 61.4 Å². The molecule has 0 rings (SSSR count). The second-order valence-corrected chi connectivity index (χ2v) is 2.72. The molecule has 0 saturated carbocycles. The summed E-state index contributed by atoms with van der Waals surface area (Å²) in [5.74, 6) is 0. The molecule has 0 radical (unpaired) electrons. The zero-order valence-corrected chi connectivity index (χ0v) is 8.21. The summed E-state index contributed by atoms with van der Waals surface area (Å²) in [4.78, 5) is 11.1. The van der Waals surface area contributed by atoms with Crippen LogP contribution in [0.2, 0.25) is 0 Å². The minimum absolute atomic E-state index is 0.0264. The van der Waals surface area contributed by atoms with Crippen molar-refractivity contribution in [1.29, 1.82) is 0 Å². The Labute approximate surface area is 79.0 Å². The maximum atomic E-state index is 11.1. The lowest BCUT2D eigenvalue weighted by molar-refractivity contribution is 0.217. The van der Waals surface area contributed by atoms with Gasteiger partial charge >= 0.3 is 6.03 Å². The third-order valence-electron chi connectivity index (χ3n) is 1.62. The maximum Gasteiger partial charge on any atom is 0.319 e. The molecule has 0 spiro atoms. The minimum Gasteiger partial charge on any atom is -0.394 e. The summed E-state index contributed by atoms with van der Waals surface area (Å²) in [7, 11) is 0. The highest BCUT2D eigenvalue weighted by molar-refractivity contribution is 5.75. The summed E-state index contributed by atoms with van der Waals surface area (Å²) < 4.78 is 0. The molecular formula is C9H18N2O2. The second-order valence-electron chi connectivity index (χ2n) is 2.72. The van der Waals surface area contributed by atoms with Crippen LogP contribution in [0, 0.1) is 0 Å². The summed E-state index contributed by atoms with van der Waals surface area (Å²) >= 11 is 0. The van der Waals surface area contributed by atoms with E-state index in [4.69, 9.17) is 5.11 Å². The molecule has 0 aliphatic heterocycles. The Morgan fingerprint density at radius 2 is 2.23 bits per heavy atom. The van der Waals surface area contributed by atoms with E-state index in [1.165, 1.54) is 0 Å². The number of amides is 2. The van der Waals surface area contributed by atoms with Crippen molar-refractivity contribution >= 4 is 6.03 Å². The fourth-order valence-electron chi connectivity index (χ4n) is 0.756. The van der Waals surface area contributed by atoms with Gasteiger partial charge in [0.2, 0.25) is 0 Å². The number of allylic oxidation sites excluding steroid dienone is 1. The van der Waals surface area contributed by atoms with Crippen LogP contribution in [0.5, 0.6) is 0 Å². The predicted octanol–water partition coefficient (Wildman–Crippen LogP) is 0.980. The van der Waals surface area contributed by atoms with Crippen molar-refractivity contribution in [3.8, 4) is 0 Å². The summed E-state index contributed by atoms with van der Waals surface area (Å²) in [6.07, 6.45) is 5.05. The highest BCUT2D eigenvalue weighted by atomic mass is 16.3. The third-order valence-corrected chi connectivity index (χ3v) is 1.62. The van der Waals surface area contributed by atoms with Gasteiger partial charge in [-0.15, -0.1) is 0 Å². The third kappa shape index (κ3) is 6.16. The van der Waals surface area contributed by atoms with Gasteiger partial charge < -0.3 is 15.7 Å². The zero-order chi connectivity index (χ0) is 10.1. The van der Waals surface area contributed by atoms with E-state index in [9.17, 15) is 4.79 Å². The van der Waals surface area contributed by atoms with Crippen LogP contribution in [0.1, 0.15) is 26.7 Å². The molecule has 4 nitrogen and oxygen atoms in total. The minimum atomic E-state index is -0.273. The van der Waals surface area contributed by atoms with Crippen molar-refractivity contribution in [2.75, 3.05) is 6.61 Å². The molecule has 76 valence electrons. The number of nitrogens with one attached hydrogen (secondary N) is 2. The predicted molar refractivity (Wildman–Crippen MR) is 52.3 cm³/mol. The molecule has 0 aliphatic rings. The van der Waals surface area contributed by atoms with Gasteiger partial charge in [0.05, 0.1) is 12.6 Å². The molecule has 13 heavy (non-hydrogen) atoms. The Morgan fingerprint density at radius 1 is 1.54 bits per heavy atom. The maximum absolute atomic E-state index is 11.1. The van der Waals surface area contributed by atoms with Crippen molar-refractivity contribution in [1.82, 2.24) is 10.6 Å². The van der Waals surface area contributed by atoms with Crippen molar-refractivity contribution in [3.63, 3.8) is 0 Å². The van der Waals surface area contributed by atoms with Crippen LogP contribution in [0.3, 0.4) is 0 Å². The molecular weight excluding hydrogens is 168 g/mol. The summed E-state index contributed by atoms with van der Waals surface area (Å²) in [6, 6.07) is -0.430. The molecule has 0 saturated heterocycles. The molecule has 0 aromatic rings. The van der Waals surface area contributed by atoms with E-state index in [2.05, 4.69) is 10.6 Å². The first kappa shape index (κ1) is 12.0. The van der Waals surface area contributed by atoms with Crippen LogP contribution in [-0.2, 0) is 0 Å². The summed E-state index contributed by atoms with van der Waals surface area (Å²) in [6.45, 7) is 3.86. The molecule has 1 atom stereocenters. The van der Waals surface area contributed by atoms with Gasteiger partial charge in [0, 0.05) is 6.20 Å². The van der Waals surface area contributed by atoms with Crippen molar-refractivity contribution in [3.05, 3.63) is 12.3 Å². The Balaban J connectivity index is 3.66. The number of carbonyl (C=O) groups is 1. The number of hydrogen-bond donors (Lipinski definition) is 3. The molecule has 0 heterocycles. The number of carbonyl (C=O) groups excluding carboxylic acids is 1. The lowest BCUT2D eigenvalue weighted by Gasteiger charge is -2.12. The Bertz CT molecular complexity index is 165. The van der Waals surface area contributed by atoms with Gasteiger partial charge in [0.1, 0.15) is 0 Å². The monoisotopic (exact) mass is 186 g/mol. The Kier molecular flexibility index (Phi) is 7.01. The zero-order valence-electron chi connectivity index (χ0n) is 8.21. The van der Waals surface area contributed by atoms with Gasteiger partial charge in [0.15, 0.2) is 0 Å². The van der Waals surface area contributed by atoms with Crippen LogP contribution in [0.25, 0.3) is 0 Å². The first-order chi connectivity index (χ1) is 6.24. The van der Waals surface area contributed by atoms with E-state index < -0.39 is 0 Å². The van der Waals surface area contributed by atoms with Gasteiger partial charge in [-0.1, -0.05) is 19.9 Å². The van der Waals surface area contributed by atoms with Gasteiger partial charge in [-0.3, -0.25) is 0 Å². The number of aliphatic hydroxyl groups is 1. The van der Waals surface area contributed by atoms with Gasteiger partial charge in [-0.05, 0) is 12.8 Å². The highest BCUT2D eigenvalue weighted by Crippen LogP contribution is 1.87. The van der Waals surface area contributed by atoms with E-state index in [1.807, 2.05) is 19.9 Å². The van der Waals surface area contributed by atoms with Crippen molar-refractivity contribution < 1.29 is 9.90 Å². The molecule has 0 aromatic heterocycles. The molecule has 0 fully saturated rings. The van der Waals surface area contributed by atoms with Crippen LogP contribution < -0.4 is 10.6 Å². The quantitative estimate of drug-likeness (QED) is 0.599. The number of rotatable bonds is 5. The van der Waals surface area contributed by atoms with E-state index in [1.54, 1.807) is 6.20 Å². The highest BCUT2D eigenvalue weighted by Gasteiger charge is 2.06. The molecule has 3 N–H and O–H groups in total. The van der Waals surface area contributed by atoms with Gasteiger partial charge in [-0.2, -0.15) is 0 Å². The van der Waals surface area contributed by atoms with Gasteiger partial charge in [-0.25, -0.2) is 4.79 Å². The fraction of sp³-hybridized carbons (Fsp3) is 0.667. The normalized spacial score (nSPS) is 12.8. The summed E-state index contributed by atoms with van der Waals surface area (Å²) in [5, 5.41) is 14.0. The first-order valence-corrected chi connectivity index (χ1v) is 4.57. The first-order valence-electron chi connectivity index (χ1n) is 4.57. The van der Waals surface area contributed by atoms with Crippen molar-refractivity contribution in [2.24, 2.45) is 0 Å². The number of hydrogen-bond acceptors (Lipinski definition) is 2. The van der Waals surface area contributed by atoms with Crippen LogP contribution in [-0.4, -0.2) is 23.8 Å². The lowest BCUT2D eigenvalue weighted by Crippen LogP contribution is -2.41. The molecule has 0 aliphatic carbocycles. The lowest BCUT2D eigenvalue weighted by atomic mass is 10.2. The fourth-order valence-corrected chi connectivity index (χ4v) is 0.756. The van der Waals surface area contributed by atoms with Crippen molar-refractivity contribution in [2.45, 2.75) is 32.7 Å². The van der Waals surface area contributed by atoms with Gasteiger partial charge in [0.25, 0.3) is 0 Å². The van der Waals surface area contributed by atoms with Crippen LogP contribution >= 0.6 is 0 Å². The number of urea groups is 1. The molecule has 1 unspecified atom stereocenters. The van der Waals surface area contributed by atoms with E-state index in [-0.39, 0.29) is 18.7 Å². The average Bonchev–Trinajstić information content (AvgIpc) is 2.14. The Hall–Kier alpha value is -1.03. The van der Waals surface area contributed by atoms with E-state index >= 15 is 0 Å². The largest absolute Gasteiger partial charge is 0.394 e. The second kappa shape index (κ2) is 7.61. The molecule has 2 amide bonds. The van der Waals surface area contributed by atoms with E-state index in [0.29, 0.717) is 0 Å². The molecule has 0 aromatic carbocycles. The van der Waals surface area contributed by atoms with E-state index in [0.717, 1.165) is 12.8 Å². The SMILES string of the molecule is CC/C=C/NC(=O)NC(CC)CO. The molecule has 0 bridgehead atoms. The van der Waals surface area contributed by atoms with Crippen LogP contribution in [0.4, 0.5) is 4.79 Å². The number of aliphatic hydroxyl groups excluding tert-OH is 1. The Morgan fingerprint density at radius 3 is 2.69 bits per heavy atom. The standard InChI is InChI=1S/C9H18N2O2/c1-3-5-6-10-9(13)11-8(4-2)7-12/h5-6,8,12H,3-4,7H2,1-2H3,(H2,10,11,13)/b6-5+. The van der Waals surface area contributed by atoms with Crippen LogP contribution in [0.15, 0.2) is 12.3 Å².